The van der Waals surface area contributed by atoms with Crippen molar-refractivity contribution in [2.24, 2.45) is 0 Å². The number of hydrogen-bond donors (Lipinski definition) is 3. The highest BCUT2D eigenvalue weighted by atomic mass is 16.1. The molecule has 0 spiro atoms. The molecule has 0 fully saturated rings. The van der Waals surface area contributed by atoms with Gasteiger partial charge in [-0.2, -0.15) is 0 Å². The van der Waals surface area contributed by atoms with E-state index in [4.69, 9.17) is 5.73 Å². The number of aromatic amines is 1. The van der Waals surface area contributed by atoms with E-state index in [1.807, 2.05) is 25.1 Å². The van der Waals surface area contributed by atoms with Gasteiger partial charge in [0.1, 0.15) is 5.82 Å². The van der Waals surface area contributed by atoms with Crippen molar-refractivity contribution in [1.82, 2.24) is 9.97 Å². The molecule has 0 radical (unpaired) electrons. The van der Waals surface area contributed by atoms with Gasteiger partial charge in [-0.3, -0.25) is 4.79 Å². The SMILES string of the molecule is Cc1ccnc(NC(=O)c2c[nH]c3ccc(N)cc23)c1. The molecule has 0 saturated carbocycles. The molecule has 100 valence electrons. The summed E-state index contributed by atoms with van der Waals surface area (Å²) in [5.74, 6) is 0.327. The molecule has 0 saturated heterocycles. The van der Waals surface area contributed by atoms with Crippen molar-refractivity contribution in [2.45, 2.75) is 6.92 Å². The largest absolute Gasteiger partial charge is 0.399 e. The third kappa shape index (κ3) is 2.21. The Morgan fingerprint density at radius 2 is 2.15 bits per heavy atom. The van der Waals surface area contributed by atoms with E-state index in [2.05, 4.69) is 15.3 Å². The van der Waals surface area contributed by atoms with Crippen molar-refractivity contribution in [1.29, 1.82) is 0 Å². The molecule has 0 atom stereocenters. The van der Waals surface area contributed by atoms with Crippen LogP contribution in [0.1, 0.15) is 15.9 Å². The van der Waals surface area contributed by atoms with Gasteiger partial charge in [0.25, 0.3) is 5.91 Å². The summed E-state index contributed by atoms with van der Waals surface area (Å²) in [4.78, 5) is 19.5. The number of nitrogens with two attached hydrogens (primary N) is 1. The van der Waals surface area contributed by atoms with Gasteiger partial charge in [-0.15, -0.1) is 0 Å². The van der Waals surface area contributed by atoms with Crippen molar-refractivity contribution >= 4 is 28.3 Å². The van der Waals surface area contributed by atoms with E-state index >= 15 is 0 Å². The topological polar surface area (TPSA) is 83.8 Å². The van der Waals surface area contributed by atoms with Crippen molar-refractivity contribution in [2.75, 3.05) is 11.1 Å². The second-order valence-electron chi connectivity index (χ2n) is 4.68. The average Bonchev–Trinajstić information content (AvgIpc) is 2.81. The maximum atomic E-state index is 12.3. The second-order valence-corrected chi connectivity index (χ2v) is 4.68. The number of aromatic nitrogens is 2. The molecular formula is C15H14N4O. The Labute approximate surface area is 115 Å². The molecule has 0 bridgehead atoms. The van der Waals surface area contributed by atoms with Crippen molar-refractivity contribution in [3.05, 3.63) is 53.9 Å². The molecule has 1 aromatic carbocycles. The zero-order chi connectivity index (χ0) is 14.1. The smallest absolute Gasteiger partial charge is 0.258 e. The van der Waals surface area contributed by atoms with Gasteiger partial charge in [-0.05, 0) is 42.8 Å². The molecule has 2 aromatic heterocycles. The van der Waals surface area contributed by atoms with Crippen molar-refractivity contribution in [3.8, 4) is 0 Å². The zero-order valence-electron chi connectivity index (χ0n) is 11.0. The highest BCUT2D eigenvalue weighted by molar-refractivity contribution is 6.12. The minimum atomic E-state index is -0.208. The molecule has 3 rings (SSSR count). The number of fused-ring (bicyclic) bond motifs is 1. The third-order valence-electron chi connectivity index (χ3n) is 3.11. The number of carbonyl (C=O) groups is 1. The Hall–Kier alpha value is -2.82. The number of hydrogen-bond acceptors (Lipinski definition) is 3. The second kappa shape index (κ2) is 4.70. The summed E-state index contributed by atoms with van der Waals surface area (Å²) in [6, 6.07) is 9.13. The average molecular weight is 266 g/mol. The molecule has 0 aliphatic heterocycles. The molecule has 0 aliphatic carbocycles. The number of amides is 1. The lowest BCUT2D eigenvalue weighted by Gasteiger charge is -2.04. The molecule has 2 heterocycles. The van der Waals surface area contributed by atoms with Crippen LogP contribution in [0.5, 0.6) is 0 Å². The first kappa shape index (κ1) is 12.2. The molecule has 5 nitrogen and oxygen atoms in total. The van der Waals surface area contributed by atoms with Crippen LogP contribution in [-0.2, 0) is 0 Å². The lowest BCUT2D eigenvalue weighted by atomic mass is 10.1. The lowest BCUT2D eigenvalue weighted by Crippen LogP contribution is -2.12. The normalized spacial score (nSPS) is 10.7. The summed E-state index contributed by atoms with van der Waals surface area (Å²) < 4.78 is 0. The maximum Gasteiger partial charge on any atom is 0.258 e. The molecule has 0 aliphatic rings. The fraction of sp³-hybridized carbons (Fsp3) is 0.0667. The van der Waals surface area contributed by atoms with Crippen LogP contribution in [0.15, 0.2) is 42.7 Å². The summed E-state index contributed by atoms with van der Waals surface area (Å²) in [6.07, 6.45) is 3.34. The van der Waals surface area contributed by atoms with E-state index < -0.39 is 0 Å². The number of nitrogen functional groups attached to an aromatic ring is 1. The molecular weight excluding hydrogens is 252 g/mol. The first-order chi connectivity index (χ1) is 9.63. The number of nitrogens with zero attached hydrogens (tertiary/aromatic N) is 1. The van der Waals surface area contributed by atoms with Gasteiger partial charge in [0, 0.05) is 29.0 Å². The lowest BCUT2D eigenvalue weighted by molar-refractivity contribution is 0.102. The van der Waals surface area contributed by atoms with Gasteiger partial charge in [-0.1, -0.05) is 0 Å². The molecule has 20 heavy (non-hydrogen) atoms. The molecule has 5 heteroatoms. The van der Waals surface area contributed by atoms with Crippen LogP contribution in [-0.4, -0.2) is 15.9 Å². The van der Waals surface area contributed by atoms with Gasteiger partial charge >= 0.3 is 0 Å². The predicted octanol–water partition coefficient (Wildman–Crippen LogP) is 2.71. The fourth-order valence-corrected chi connectivity index (χ4v) is 2.11. The quantitative estimate of drug-likeness (QED) is 0.623. The Kier molecular flexibility index (Phi) is 2.87. The predicted molar refractivity (Wildman–Crippen MR) is 79.6 cm³/mol. The number of rotatable bonds is 2. The summed E-state index contributed by atoms with van der Waals surface area (Å²) in [7, 11) is 0. The number of carbonyl (C=O) groups excluding carboxylic acids is 1. The number of anilines is 2. The zero-order valence-corrected chi connectivity index (χ0v) is 11.0. The number of H-pyrrole nitrogens is 1. The standard InChI is InChI=1S/C15H14N4O/c1-9-4-5-17-14(6-9)19-15(20)12-8-18-13-3-2-10(16)7-11(12)13/h2-8,18H,16H2,1H3,(H,17,19,20). The van der Waals surface area contributed by atoms with E-state index in [1.165, 1.54) is 0 Å². The monoisotopic (exact) mass is 266 g/mol. The number of aryl methyl sites for hydroxylation is 1. The summed E-state index contributed by atoms with van der Waals surface area (Å²) in [5.41, 5.74) is 8.86. The van der Waals surface area contributed by atoms with E-state index in [0.717, 1.165) is 16.5 Å². The Morgan fingerprint density at radius 1 is 1.30 bits per heavy atom. The minimum absolute atomic E-state index is 0.208. The first-order valence-corrected chi connectivity index (χ1v) is 6.24. The van der Waals surface area contributed by atoms with Crippen LogP contribution in [0.3, 0.4) is 0 Å². The van der Waals surface area contributed by atoms with Crippen LogP contribution >= 0.6 is 0 Å². The van der Waals surface area contributed by atoms with Gasteiger partial charge in [-0.25, -0.2) is 4.98 Å². The van der Waals surface area contributed by atoms with E-state index in [1.54, 1.807) is 24.5 Å². The third-order valence-corrected chi connectivity index (χ3v) is 3.11. The minimum Gasteiger partial charge on any atom is -0.399 e. The Morgan fingerprint density at radius 3 is 2.95 bits per heavy atom. The van der Waals surface area contributed by atoms with Crippen LogP contribution in [0.25, 0.3) is 10.9 Å². The van der Waals surface area contributed by atoms with E-state index in [-0.39, 0.29) is 5.91 Å². The van der Waals surface area contributed by atoms with Gasteiger partial charge in [0.05, 0.1) is 5.56 Å². The van der Waals surface area contributed by atoms with Gasteiger partial charge in [0.15, 0.2) is 0 Å². The van der Waals surface area contributed by atoms with Crippen molar-refractivity contribution in [3.63, 3.8) is 0 Å². The number of nitrogens with one attached hydrogen (secondary N) is 2. The van der Waals surface area contributed by atoms with E-state index in [0.29, 0.717) is 17.1 Å². The van der Waals surface area contributed by atoms with Gasteiger partial charge in [0.2, 0.25) is 0 Å². The highest BCUT2D eigenvalue weighted by Gasteiger charge is 2.12. The van der Waals surface area contributed by atoms with Crippen molar-refractivity contribution < 1.29 is 4.79 Å². The Bertz CT molecular complexity index is 791. The molecule has 0 unspecified atom stereocenters. The summed E-state index contributed by atoms with van der Waals surface area (Å²) in [6.45, 7) is 1.95. The van der Waals surface area contributed by atoms with Gasteiger partial charge < -0.3 is 16.0 Å². The Balaban J connectivity index is 1.94. The van der Waals surface area contributed by atoms with Crippen LogP contribution in [0.2, 0.25) is 0 Å². The first-order valence-electron chi connectivity index (χ1n) is 6.24. The van der Waals surface area contributed by atoms with Crippen LogP contribution < -0.4 is 11.1 Å². The fourth-order valence-electron chi connectivity index (χ4n) is 2.11. The highest BCUT2D eigenvalue weighted by Crippen LogP contribution is 2.21. The van der Waals surface area contributed by atoms with Crippen LogP contribution in [0, 0.1) is 6.92 Å². The number of pyridine rings is 1. The number of benzene rings is 1. The summed E-state index contributed by atoms with van der Waals surface area (Å²) in [5, 5.41) is 3.59. The van der Waals surface area contributed by atoms with Crippen LogP contribution in [0.4, 0.5) is 11.5 Å². The maximum absolute atomic E-state index is 12.3. The summed E-state index contributed by atoms with van der Waals surface area (Å²) >= 11 is 0. The molecule has 4 N–H and O–H groups in total. The molecule has 1 amide bonds. The van der Waals surface area contributed by atoms with E-state index in [9.17, 15) is 4.79 Å². The molecule has 3 aromatic rings.